The molecule has 2 heterocycles. The Balaban J connectivity index is 1.64. The summed E-state index contributed by atoms with van der Waals surface area (Å²) in [5.41, 5.74) is 1.82. The van der Waals surface area contributed by atoms with Gasteiger partial charge >= 0.3 is 0 Å². The van der Waals surface area contributed by atoms with Crippen molar-refractivity contribution in [1.29, 1.82) is 0 Å². The first kappa shape index (κ1) is 21.0. The third kappa shape index (κ3) is 6.14. The van der Waals surface area contributed by atoms with Gasteiger partial charge in [-0.1, -0.05) is 25.1 Å². The number of ether oxygens (including phenoxy) is 1. The molecule has 154 valence electrons. The molecule has 1 aromatic heterocycles. The van der Waals surface area contributed by atoms with E-state index in [1.165, 1.54) is 6.07 Å². The summed E-state index contributed by atoms with van der Waals surface area (Å²) in [5.74, 6) is -0.173. The number of rotatable bonds is 10. The summed E-state index contributed by atoms with van der Waals surface area (Å²) in [5, 5.41) is 10.2. The molecule has 3 rings (SSSR count). The van der Waals surface area contributed by atoms with Gasteiger partial charge in [0.25, 0.3) is 0 Å². The highest BCUT2D eigenvalue weighted by molar-refractivity contribution is 5.19. The third-order valence-corrected chi connectivity index (χ3v) is 5.38. The Morgan fingerprint density at radius 3 is 2.71 bits per heavy atom. The fourth-order valence-corrected chi connectivity index (χ4v) is 3.56. The molecule has 1 N–H and O–H groups in total. The average molecular weight is 390 g/mol. The molecule has 1 saturated heterocycles. The Kier molecular flexibility index (Phi) is 8.03. The summed E-state index contributed by atoms with van der Waals surface area (Å²) in [7, 11) is 0. The molecule has 28 heavy (non-hydrogen) atoms. The van der Waals surface area contributed by atoms with Crippen LogP contribution in [0.5, 0.6) is 0 Å². The topological polar surface area (TPSA) is 40.9 Å². The SMILES string of the molecule is CCC(O)CN(CCN1CCOCC1)Cc1cccn1Cc1ccccc1F. The van der Waals surface area contributed by atoms with Crippen molar-refractivity contribution in [3.63, 3.8) is 0 Å². The maximum atomic E-state index is 14.0. The smallest absolute Gasteiger partial charge is 0.128 e. The van der Waals surface area contributed by atoms with Crippen LogP contribution in [-0.2, 0) is 17.8 Å². The average Bonchev–Trinajstić information content (AvgIpc) is 3.15. The fourth-order valence-electron chi connectivity index (χ4n) is 3.56. The van der Waals surface area contributed by atoms with Gasteiger partial charge in [0.15, 0.2) is 0 Å². The first-order chi connectivity index (χ1) is 13.7. The highest BCUT2D eigenvalue weighted by atomic mass is 19.1. The van der Waals surface area contributed by atoms with Gasteiger partial charge in [-0.15, -0.1) is 0 Å². The number of hydrogen-bond donors (Lipinski definition) is 1. The van der Waals surface area contributed by atoms with Gasteiger partial charge in [0, 0.05) is 56.7 Å². The molecule has 0 spiro atoms. The summed E-state index contributed by atoms with van der Waals surface area (Å²) in [6.45, 7) is 9.28. The lowest BCUT2D eigenvalue weighted by molar-refractivity contribution is 0.0288. The lowest BCUT2D eigenvalue weighted by Gasteiger charge is -2.31. The zero-order valence-electron chi connectivity index (χ0n) is 16.8. The number of aliphatic hydroxyl groups excluding tert-OH is 1. The molecule has 1 aliphatic rings. The van der Waals surface area contributed by atoms with E-state index < -0.39 is 0 Å². The van der Waals surface area contributed by atoms with Gasteiger partial charge in [-0.3, -0.25) is 9.80 Å². The van der Waals surface area contributed by atoms with Crippen molar-refractivity contribution in [3.05, 3.63) is 59.7 Å². The van der Waals surface area contributed by atoms with Crippen molar-refractivity contribution in [2.45, 2.75) is 32.5 Å². The van der Waals surface area contributed by atoms with Crippen molar-refractivity contribution in [3.8, 4) is 0 Å². The lowest BCUT2D eigenvalue weighted by Crippen LogP contribution is -2.43. The molecule has 1 atom stereocenters. The van der Waals surface area contributed by atoms with Crippen LogP contribution in [0.3, 0.4) is 0 Å². The zero-order chi connectivity index (χ0) is 19.8. The first-order valence-electron chi connectivity index (χ1n) is 10.2. The maximum absolute atomic E-state index is 14.0. The minimum atomic E-state index is -0.334. The summed E-state index contributed by atoms with van der Waals surface area (Å²) in [4.78, 5) is 4.71. The van der Waals surface area contributed by atoms with Crippen LogP contribution in [-0.4, -0.2) is 71.5 Å². The van der Waals surface area contributed by atoms with Crippen LogP contribution >= 0.6 is 0 Å². The lowest BCUT2D eigenvalue weighted by atomic mass is 10.2. The Morgan fingerprint density at radius 2 is 1.96 bits per heavy atom. The molecule has 1 aliphatic heterocycles. The van der Waals surface area contributed by atoms with E-state index >= 15 is 0 Å². The first-order valence-corrected chi connectivity index (χ1v) is 10.2. The Bertz CT molecular complexity index is 715. The summed E-state index contributed by atoms with van der Waals surface area (Å²) in [6, 6.07) is 11.0. The Labute approximate surface area is 167 Å². The largest absolute Gasteiger partial charge is 0.392 e. The van der Waals surface area contributed by atoms with Crippen molar-refractivity contribution in [2.75, 3.05) is 45.9 Å². The van der Waals surface area contributed by atoms with Crippen molar-refractivity contribution < 1.29 is 14.2 Å². The molecular formula is C22H32FN3O2. The molecule has 1 unspecified atom stereocenters. The van der Waals surface area contributed by atoms with E-state index in [-0.39, 0.29) is 11.9 Å². The Hall–Kier alpha value is -1.73. The molecule has 0 amide bonds. The molecule has 0 saturated carbocycles. The van der Waals surface area contributed by atoms with Gasteiger partial charge in [0.05, 0.1) is 25.9 Å². The minimum absolute atomic E-state index is 0.173. The summed E-state index contributed by atoms with van der Waals surface area (Å²) in [6.07, 6.45) is 2.40. The maximum Gasteiger partial charge on any atom is 0.128 e. The van der Waals surface area contributed by atoms with E-state index in [2.05, 4.69) is 20.4 Å². The molecule has 1 aromatic carbocycles. The second-order valence-electron chi connectivity index (χ2n) is 7.47. The molecule has 1 fully saturated rings. The van der Waals surface area contributed by atoms with Crippen molar-refractivity contribution in [1.82, 2.24) is 14.4 Å². The van der Waals surface area contributed by atoms with Crippen LogP contribution in [0.1, 0.15) is 24.6 Å². The summed E-state index contributed by atoms with van der Waals surface area (Å²) >= 11 is 0. The number of nitrogens with zero attached hydrogens (tertiary/aromatic N) is 3. The van der Waals surface area contributed by atoms with Gasteiger partial charge < -0.3 is 14.4 Å². The normalized spacial score (nSPS) is 16.6. The van der Waals surface area contributed by atoms with Gasteiger partial charge in [-0.05, 0) is 24.6 Å². The highest BCUT2D eigenvalue weighted by Crippen LogP contribution is 2.14. The van der Waals surface area contributed by atoms with E-state index in [1.807, 2.05) is 31.3 Å². The van der Waals surface area contributed by atoms with Crippen LogP contribution in [0.4, 0.5) is 4.39 Å². The van der Waals surface area contributed by atoms with Crippen LogP contribution in [0.25, 0.3) is 0 Å². The van der Waals surface area contributed by atoms with E-state index in [1.54, 1.807) is 6.07 Å². The second kappa shape index (κ2) is 10.7. The minimum Gasteiger partial charge on any atom is -0.392 e. The van der Waals surface area contributed by atoms with Crippen molar-refractivity contribution >= 4 is 0 Å². The van der Waals surface area contributed by atoms with Gasteiger partial charge in [-0.2, -0.15) is 0 Å². The molecule has 0 radical (unpaired) electrons. The number of morpholine rings is 1. The fraction of sp³-hybridized carbons (Fsp3) is 0.545. The van der Waals surface area contributed by atoms with Gasteiger partial charge in [0.2, 0.25) is 0 Å². The van der Waals surface area contributed by atoms with Crippen LogP contribution in [0.2, 0.25) is 0 Å². The monoisotopic (exact) mass is 389 g/mol. The third-order valence-electron chi connectivity index (χ3n) is 5.38. The number of benzene rings is 1. The van der Waals surface area contributed by atoms with Gasteiger partial charge in [-0.25, -0.2) is 4.39 Å². The molecule has 0 aliphatic carbocycles. The zero-order valence-corrected chi connectivity index (χ0v) is 16.8. The van der Waals surface area contributed by atoms with Crippen molar-refractivity contribution in [2.24, 2.45) is 0 Å². The number of halogens is 1. The predicted octanol–water partition coefficient (Wildman–Crippen LogP) is 2.58. The quantitative estimate of drug-likeness (QED) is 0.678. The second-order valence-corrected chi connectivity index (χ2v) is 7.47. The predicted molar refractivity (Wildman–Crippen MR) is 109 cm³/mol. The Morgan fingerprint density at radius 1 is 1.18 bits per heavy atom. The van der Waals surface area contributed by atoms with Crippen LogP contribution in [0, 0.1) is 5.82 Å². The van der Waals surface area contributed by atoms with Crippen LogP contribution in [0.15, 0.2) is 42.6 Å². The summed E-state index contributed by atoms with van der Waals surface area (Å²) < 4.78 is 21.6. The number of aromatic nitrogens is 1. The van der Waals surface area contributed by atoms with Gasteiger partial charge in [0.1, 0.15) is 5.82 Å². The number of hydrogen-bond acceptors (Lipinski definition) is 4. The molecule has 2 aromatic rings. The molecular weight excluding hydrogens is 357 g/mol. The van der Waals surface area contributed by atoms with E-state index in [9.17, 15) is 9.50 Å². The molecule has 6 heteroatoms. The number of aliphatic hydroxyl groups is 1. The standard InChI is InChI=1S/C22H32FN3O2/c1-2-21(27)18-25(11-10-24-12-14-28-15-13-24)17-20-7-5-9-26(20)16-19-6-3-4-8-22(19)23/h3-9,21,27H,2,10-18H2,1H3. The molecule has 0 bridgehead atoms. The highest BCUT2D eigenvalue weighted by Gasteiger charge is 2.16. The van der Waals surface area contributed by atoms with E-state index in [4.69, 9.17) is 4.74 Å². The molecule has 5 nitrogen and oxygen atoms in total. The van der Waals surface area contributed by atoms with Crippen LogP contribution < -0.4 is 0 Å². The van der Waals surface area contributed by atoms with E-state index in [0.717, 1.165) is 58.1 Å². The van der Waals surface area contributed by atoms with E-state index in [0.29, 0.717) is 18.7 Å².